The van der Waals surface area contributed by atoms with Gasteiger partial charge in [0.05, 0.1) is 0 Å². The van der Waals surface area contributed by atoms with Crippen molar-refractivity contribution >= 4 is 29.1 Å². The first-order valence-corrected chi connectivity index (χ1v) is 8.43. The topological polar surface area (TPSA) is 156 Å². The highest BCUT2D eigenvalue weighted by atomic mass is 16.5. The molecule has 2 aromatic heterocycles. The summed E-state index contributed by atoms with van der Waals surface area (Å²) in [7, 11) is 0. The normalized spacial score (nSPS) is 9.93. The Balaban J connectivity index is 1.51. The molecule has 0 radical (unpaired) electrons. The van der Waals surface area contributed by atoms with Crippen molar-refractivity contribution in [3.8, 4) is 5.75 Å². The van der Waals surface area contributed by atoms with Gasteiger partial charge in [-0.05, 0) is 24.3 Å². The Morgan fingerprint density at radius 1 is 0.931 bits per heavy atom. The van der Waals surface area contributed by atoms with Gasteiger partial charge in [-0.15, -0.1) is 0 Å². The van der Waals surface area contributed by atoms with Crippen LogP contribution in [0.15, 0.2) is 61.2 Å². The van der Waals surface area contributed by atoms with Gasteiger partial charge in [-0.2, -0.15) is 0 Å². The Kier molecular flexibility index (Phi) is 6.34. The molecule has 0 spiro atoms. The Morgan fingerprint density at radius 2 is 1.59 bits per heavy atom. The molecule has 0 aliphatic heterocycles. The van der Waals surface area contributed by atoms with E-state index in [1.807, 2.05) is 6.07 Å². The third-order valence-corrected chi connectivity index (χ3v) is 3.55. The lowest BCUT2D eigenvalue weighted by molar-refractivity contribution is -0.122. The lowest BCUT2D eigenvalue weighted by atomic mass is 10.3. The number of nitrogen functional groups attached to an aromatic ring is 1. The van der Waals surface area contributed by atoms with Crippen molar-refractivity contribution in [2.75, 3.05) is 23.2 Å². The number of para-hydroxylation sites is 1. The fourth-order valence-corrected chi connectivity index (χ4v) is 2.12. The summed E-state index contributed by atoms with van der Waals surface area (Å²) >= 11 is 0. The van der Waals surface area contributed by atoms with E-state index in [2.05, 4.69) is 36.7 Å². The van der Waals surface area contributed by atoms with Crippen LogP contribution >= 0.6 is 0 Å². The molecule has 0 bridgehead atoms. The van der Waals surface area contributed by atoms with Crippen molar-refractivity contribution in [2.45, 2.75) is 0 Å². The minimum absolute atomic E-state index is 0.0896. The summed E-state index contributed by atoms with van der Waals surface area (Å²) < 4.78 is 5.34. The Morgan fingerprint density at radius 3 is 2.28 bits per heavy atom. The van der Waals surface area contributed by atoms with E-state index in [0.717, 1.165) is 0 Å². The molecule has 0 saturated heterocycles. The van der Waals surface area contributed by atoms with Crippen molar-refractivity contribution in [3.05, 3.63) is 66.7 Å². The molecule has 148 valence electrons. The van der Waals surface area contributed by atoms with Gasteiger partial charge >= 0.3 is 0 Å². The zero-order valence-corrected chi connectivity index (χ0v) is 15.1. The van der Waals surface area contributed by atoms with E-state index in [9.17, 15) is 9.59 Å². The van der Waals surface area contributed by atoms with E-state index in [0.29, 0.717) is 11.3 Å². The summed E-state index contributed by atoms with van der Waals surface area (Å²) in [6.45, 7) is -0.199. The fraction of sp³-hybridized carbons (Fsp3) is 0.0556. The maximum atomic E-state index is 12.0. The van der Waals surface area contributed by atoms with Crippen LogP contribution in [0, 0.1) is 0 Å². The largest absolute Gasteiger partial charge is 0.484 e. The van der Waals surface area contributed by atoms with Crippen molar-refractivity contribution < 1.29 is 14.3 Å². The number of hydrogen-bond donors (Lipinski definition) is 5. The quantitative estimate of drug-likeness (QED) is 0.348. The molecule has 2 amide bonds. The molecule has 0 fully saturated rings. The van der Waals surface area contributed by atoms with Crippen LogP contribution in [0.4, 0.5) is 17.3 Å². The summed E-state index contributed by atoms with van der Waals surface area (Å²) in [6.07, 6.45) is 4.21. The molecule has 0 aliphatic rings. The third-order valence-electron chi connectivity index (χ3n) is 3.55. The van der Waals surface area contributed by atoms with Crippen molar-refractivity contribution in [1.82, 2.24) is 25.8 Å². The molecule has 6 N–H and O–H groups in total. The fourth-order valence-electron chi connectivity index (χ4n) is 2.12. The molecule has 3 aromatic rings. The van der Waals surface area contributed by atoms with Gasteiger partial charge in [0.2, 0.25) is 0 Å². The lowest BCUT2D eigenvalue weighted by Crippen LogP contribution is -2.34. The number of nitrogens with zero attached hydrogens (tertiary/aromatic N) is 3. The zero-order chi connectivity index (χ0) is 20.5. The Hall–Kier alpha value is -4.41. The second-order valence-corrected chi connectivity index (χ2v) is 5.57. The van der Waals surface area contributed by atoms with Crippen LogP contribution in [-0.2, 0) is 4.79 Å². The van der Waals surface area contributed by atoms with Crippen LogP contribution in [0.3, 0.4) is 0 Å². The monoisotopic (exact) mass is 394 g/mol. The number of hydrazine groups is 2. The van der Waals surface area contributed by atoms with Crippen LogP contribution in [0.5, 0.6) is 5.75 Å². The van der Waals surface area contributed by atoms with E-state index < -0.39 is 11.8 Å². The van der Waals surface area contributed by atoms with E-state index in [-0.39, 0.29) is 23.9 Å². The summed E-state index contributed by atoms with van der Waals surface area (Å²) in [6, 6.07) is 12.0. The number of nitrogens with two attached hydrogens (primary N) is 1. The molecular formula is C18H18N8O3. The number of rotatable bonds is 8. The zero-order valence-electron chi connectivity index (χ0n) is 15.1. The number of nitrogens with one attached hydrogen (secondary N) is 4. The predicted molar refractivity (Wildman–Crippen MR) is 105 cm³/mol. The molecule has 0 saturated carbocycles. The Labute approximate surface area is 165 Å². The molecule has 2 heterocycles. The highest BCUT2D eigenvalue weighted by Crippen LogP contribution is 2.20. The van der Waals surface area contributed by atoms with E-state index in [1.165, 1.54) is 18.7 Å². The van der Waals surface area contributed by atoms with Crippen molar-refractivity contribution in [1.29, 1.82) is 0 Å². The number of ether oxygens (including phenoxy) is 1. The highest BCUT2D eigenvalue weighted by molar-refractivity contribution is 5.95. The van der Waals surface area contributed by atoms with Crippen LogP contribution in [0.1, 0.15) is 10.4 Å². The molecule has 0 atom stereocenters. The van der Waals surface area contributed by atoms with Gasteiger partial charge in [0.15, 0.2) is 18.2 Å². The molecule has 3 rings (SSSR count). The number of hydrogen-bond acceptors (Lipinski definition) is 9. The summed E-state index contributed by atoms with van der Waals surface area (Å²) in [5.41, 5.74) is 16.6. The number of aromatic nitrogens is 3. The van der Waals surface area contributed by atoms with E-state index in [4.69, 9.17) is 10.5 Å². The van der Waals surface area contributed by atoms with Crippen LogP contribution in [0.25, 0.3) is 0 Å². The molecule has 1 aromatic carbocycles. The van der Waals surface area contributed by atoms with Gasteiger partial charge in [-0.3, -0.25) is 36.3 Å². The minimum atomic E-state index is -0.438. The first-order valence-electron chi connectivity index (χ1n) is 8.43. The lowest BCUT2D eigenvalue weighted by Gasteiger charge is -2.14. The molecule has 11 heteroatoms. The molecule has 11 nitrogen and oxygen atoms in total. The van der Waals surface area contributed by atoms with Gasteiger partial charge in [-0.1, -0.05) is 18.2 Å². The van der Waals surface area contributed by atoms with Gasteiger partial charge in [0.25, 0.3) is 11.8 Å². The summed E-state index contributed by atoms with van der Waals surface area (Å²) in [5, 5.41) is 0. The van der Waals surface area contributed by atoms with Gasteiger partial charge in [0.1, 0.15) is 17.8 Å². The minimum Gasteiger partial charge on any atom is -0.484 e. The van der Waals surface area contributed by atoms with Gasteiger partial charge < -0.3 is 10.5 Å². The van der Waals surface area contributed by atoms with E-state index in [1.54, 1.807) is 36.4 Å². The van der Waals surface area contributed by atoms with Crippen molar-refractivity contribution in [2.24, 2.45) is 0 Å². The van der Waals surface area contributed by atoms with Crippen LogP contribution in [0.2, 0.25) is 0 Å². The van der Waals surface area contributed by atoms with Gasteiger partial charge in [-0.25, -0.2) is 9.97 Å². The highest BCUT2D eigenvalue weighted by Gasteiger charge is 2.11. The first-order chi connectivity index (χ1) is 14.1. The average molecular weight is 394 g/mol. The number of amides is 2. The summed E-state index contributed by atoms with van der Waals surface area (Å²) in [4.78, 5) is 35.7. The second kappa shape index (κ2) is 9.50. The smallest absolute Gasteiger partial charge is 0.276 e. The number of benzene rings is 1. The molecular weight excluding hydrogens is 376 g/mol. The SMILES string of the molecule is Nc1c(NNC(=O)COc2ccccc2)ncnc1NNC(=O)c1ccncc1. The third kappa shape index (κ3) is 5.53. The van der Waals surface area contributed by atoms with Crippen LogP contribution in [-0.4, -0.2) is 33.4 Å². The van der Waals surface area contributed by atoms with Crippen molar-refractivity contribution in [3.63, 3.8) is 0 Å². The Bertz CT molecular complexity index is 969. The van der Waals surface area contributed by atoms with Gasteiger partial charge in [0, 0.05) is 18.0 Å². The number of pyridine rings is 1. The molecule has 0 unspecified atom stereocenters. The second-order valence-electron chi connectivity index (χ2n) is 5.57. The maximum Gasteiger partial charge on any atom is 0.276 e. The summed E-state index contributed by atoms with van der Waals surface area (Å²) in [5.74, 6) is 0.0349. The van der Waals surface area contributed by atoms with Crippen LogP contribution < -0.4 is 32.2 Å². The average Bonchev–Trinajstić information content (AvgIpc) is 2.77. The van der Waals surface area contributed by atoms with E-state index >= 15 is 0 Å². The maximum absolute atomic E-state index is 12.0. The number of carbonyl (C=O) groups is 2. The molecule has 29 heavy (non-hydrogen) atoms. The molecule has 0 aliphatic carbocycles. The first kappa shape index (κ1) is 19.4. The number of anilines is 3. The number of carbonyl (C=O) groups excluding carboxylic acids is 2. The predicted octanol–water partition coefficient (Wildman–Crippen LogP) is 0.733. The standard InChI is InChI=1S/C18H18N8O3/c19-15-16(24-23-14(27)10-29-13-4-2-1-3-5-13)21-11-22-17(15)25-26-18(28)12-6-8-20-9-7-12/h1-9,11H,10,19H2,(H,23,27)(H,26,28)(H2,21,22,24,25).